The zero-order chi connectivity index (χ0) is 92.4. The minimum Gasteiger partial charge on any atom is -0.392 e. The van der Waals surface area contributed by atoms with E-state index in [1.54, 1.807) is 0 Å². The van der Waals surface area contributed by atoms with Gasteiger partial charge in [-0.3, -0.25) is 19.2 Å². The van der Waals surface area contributed by atoms with Gasteiger partial charge in [-0.2, -0.15) is 0 Å². The Morgan fingerprint density at radius 1 is 0.259 bits per heavy atom. The maximum absolute atomic E-state index is 13.2. The van der Waals surface area contributed by atoms with E-state index in [1.165, 1.54) is 110 Å². The molecule has 4 fully saturated rings. The molecular weight excluding hydrogens is 1680 g/mol. The van der Waals surface area contributed by atoms with Crippen molar-refractivity contribution in [3.63, 3.8) is 0 Å². The number of rotatable bonds is 23. The Labute approximate surface area is 792 Å². The van der Waals surface area contributed by atoms with E-state index in [0.29, 0.717) is 79.0 Å². The molecule has 4 saturated carbocycles. The summed E-state index contributed by atoms with van der Waals surface area (Å²) in [6.07, 6.45) is 33.9. The van der Waals surface area contributed by atoms with E-state index in [0.717, 1.165) is 250 Å². The number of aliphatic hydroxyl groups is 4. The summed E-state index contributed by atoms with van der Waals surface area (Å²) < 4.78 is 0. The topological polar surface area (TPSA) is 300 Å². The third kappa shape index (κ3) is 22.9. The van der Waals surface area contributed by atoms with Crippen LogP contribution in [0.5, 0.6) is 0 Å². The van der Waals surface area contributed by atoms with Crippen LogP contribution >= 0.6 is 0 Å². The van der Waals surface area contributed by atoms with Crippen molar-refractivity contribution in [2.24, 2.45) is 0 Å². The van der Waals surface area contributed by atoms with Crippen molar-refractivity contribution in [2.75, 3.05) is 21.3 Å². The van der Waals surface area contributed by atoms with Crippen LogP contribution in [0.1, 0.15) is 284 Å². The number of aromatic nitrogens is 8. The summed E-state index contributed by atoms with van der Waals surface area (Å²) in [5.41, 5.74) is 28.8. The molecule has 0 atom stereocenters. The maximum Gasteiger partial charge on any atom is 0.229 e. The van der Waals surface area contributed by atoms with Gasteiger partial charge in [-0.15, -0.1) is 0 Å². The number of nitrogens with one attached hydrogen (secondary N) is 4. The molecule has 0 bridgehead atoms. The van der Waals surface area contributed by atoms with Crippen molar-refractivity contribution in [1.82, 2.24) is 39.9 Å². The van der Waals surface area contributed by atoms with Gasteiger partial charge in [0.25, 0.3) is 0 Å². The van der Waals surface area contributed by atoms with Gasteiger partial charge in [0.05, 0.1) is 108 Å². The van der Waals surface area contributed by atoms with Gasteiger partial charge in [0.2, 0.25) is 23.6 Å². The largest absolute Gasteiger partial charge is 0.392 e. The van der Waals surface area contributed by atoms with E-state index in [-0.39, 0.29) is 50.1 Å². The number of aliphatic hydroxyl groups excluding tert-OH is 4. The van der Waals surface area contributed by atoms with E-state index < -0.39 is 0 Å². The number of amides is 4. The average Bonchev–Trinajstić information content (AvgIpc) is 0.655. The van der Waals surface area contributed by atoms with E-state index >= 15 is 0 Å². The first-order chi connectivity index (χ1) is 66.3. The Balaban J connectivity index is 0.000000120. The lowest BCUT2D eigenvalue weighted by Crippen LogP contribution is -2.21. The first-order valence-electron chi connectivity index (χ1n) is 49.7. The van der Waals surface area contributed by atoms with Crippen LogP contribution in [0.15, 0.2) is 206 Å². The van der Waals surface area contributed by atoms with Crippen LogP contribution in [0.4, 0.5) is 23.3 Å². The number of anilines is 4. The van der Waals surface area contributed by atoms with Crippen LogP contribution in [0.2, 0.25) is 0 Å². The predicted octanol–water partition coefficient (Wildman–Crippen LogP) is 22.2. The van der Waals surface area contributed by atoms with Gasteiger partial charge >= 0.3 is 0 Å². The van der Waals surface area contributed by atoms with Crippen LogP contribution in [-0.4, -0.2) is 83.9 Å². The zero-order valence-electron chi connectivity index (χ0n) is 77.5. The normalized spacial score (nSPS) is 15.5. The lowest BCUT2D eigenvalue weighted by Gasteiger charge is -2.26. The van der Waals surface area contributed by atoms with E-state index in [2.05, 4.69) is 118 Å². The smallest absolute Gasteiger partial charge is 0.229 e. The van der Waals surface area contributed by atoms with Gasteiger partial charge in [-0.05, 0) is 200 Å². The minimum absolute atomic E-state index is 0.00559. The molecule has 9 aromatic carbocycles. The number of hydrogen-bond donors (Lipinski definition) is 8. The molecule has 4 aromatic heterocycles. The molecule has 0 aliphatic heterocycles. The number of carbonyl (C=O) groups is 4. The average molecular weight is 1800 g/mol. The molecule has 8 N–H and O–H groups in total. The van der Waals surface area contributed by atoms with Crippen molar-refractivity contribution < 1.29 is 39.6 Å². The fourth-order valence-corrected chi connectivity index (χ4v) is 21.3. The highest BCUT2D eigenvalue weighted by Gasteiger charge is 2.34. The maximum atomic E-state index is 13.2. The van der Waals surface area contributed by atoms with Crippen LogP contribution in [0, 0.1) is 0 Å². The van der Waals surface area contributed by atoms with Gasteiger partial charge in [0.1, 0.15) is 0 Å². The molecule has 21 rings (SSSR count). The van der Waals surface area contributed by atoms with Crippen molar-refractivity contribution in [1.29, 1.82) is 0 Å². The van der Waals surface area contributed by atoms with Crippen molar-refractivity contribution >= 4 is 57.7 Å². The Kier molecular flexibility index (Phi) is 30.7. The third-order valence-corrected chi connectivity index (χ3v) is 28.5. The summed E-state index contributed by atoms with van der Waals surface area (Å²) in [7, 11) is 0. The van der Waals surface area contributed by atoms with E-state index in [4.69, 9.17) is 39.9 Å². The molecule has 135 heavy (non-hydrogen) atoms. The number of fused-ring (bicyclic) bond motifs is 13. The highest BCUT2D eigenvalue weighted by atomic mass is 16.3. The molecule has 8 aliphatic rings. The molecule has 20 heteroatoms. The SMILES string of the molecule is O=C(CCCc1ccccc1)Nc1nc2c(nc1C1CCCCC1)-c1ccc(CO)cc1CC2.O=C(CCc1ccccc1)Nc1nc2c(nc1C1CCCCC1)-c1ccc(CO)cc1CC2.O=C(Cc1ccc2ccccc2c1)Nc1nc2c(nc1C1CCCCC1)-c1ccc(CO)cc1CC2.O=C(Cc1ccccc1)Nc1nc2c(nc1C1CCCCC1)-c1ccc(CO)cc1CC2. The van der Waals surface area contributed by atoms with Crippen molar-refractivity contribution in [2.45, 2.75) is 275 Å². The Morgan fingerprint density at radius 3 is 0.889 bits per heavy atom. The quantitative estimate of drug-likeness (QED) is 0.0295. The Morgan fingerprint density at radius 2 is 0.548 bits per heavy atom. The van der Waals surface area contributed by atoms with Crippen LogP contribution in [0.3, 0.4) is 0 Å². The van der Waals surface area contributed by atoms with Gasteiger partial charge < -0.3 is 41.7 Å². The predicted molar refractivity (Wildman–Crippen MR) is 533 cm³/mol. The molecular formula is C115H124N12O8. The second-order valence-electron chi connectivity index (χ2n) is 38.0. The summed E-state index contributed by atoms with van der Waals surface area (Å²) >= 11 is 0. The van der Waals surface area contributed by atoms with Gasteiger partial charge in [-0.25, -0.2) is 39.9 Å². The number of hydrogen-bond acceptors (Lipinski definition) is 16. The van der Waals surface area contributed by atoms with Crippen LogP contribution < -0.4 is 21.3 Å². The van der Waals surface area contributed by atoms with Crippen LogP contribution in [-0.2, 0) is 123 Å². The fourth-order valence-electron chi connectivity index (χ4n) is 21.3. The number of nitrogens with zero attached hydrogens (tertiary/aromatic N) is 8. The first kappa shape index (κ1) is 92.7. The molecule has 4 heterocycles. The van der Waals surface area contributed by atoms with Crippen LogP contribution in [0.25, 0.3) is 55.8 Å². The highest BCUT2D eigenvalue weighted by Crippen LogP contribution is 2.46. The van der Waals surface area contributed by atoms with Gasteiger partial charge in [-0.1, -0.05) is 283 Å². The van der Waals surface area contributed by atoms with Crippen molar-refractivity contribution in [3.05, 3.63) is 319 Å². The molecule has 692 valence electrons. The molecule has 0 saturated heterocycles. The third-order valence-electron chi connectivity index (χ3n) is 28.5. The molecule has 20 nitrogen and oxygen atoms in total. The lowest BCUT2D eigenvalue weighted by atomic mass is 9.85. The Bertz CT molecular complexity index is 6380. The summed E-state index contributed by atoms with van der Waals surface area (Å²) in [6, 6.07) is 69.1. The number of carbonyl (C=O) groups excluding carboxylic acids is 4. The molecule has 0 spiro atoms. The zero-order valence-corrected chi connectivity index (χ0v) is 77.5. The second kappa shape index (κ2) is 44.6. The van der Waals surface area contributed by atoms with E-state index in [9.17, 15) is 39.6 Å². The Hall–Kier alpha value is -12.7. The number of aryl methyl sites for hydroxylation is 10. The van der Waals surface area contributed by atoms with E-state index in [1.807, 2.05) is 109 Å². The van der Waals surface area contributed by atoms with Crippen molar-refractivity contribution in [3.8, 4) is 45.0 Å². The fraction of sp³-hybridized carbons (Fsp3) is 0.374. The minimum atomic E-state index is -0.0552. The summed E-state index contributed by atoms with van der Waals surface area (Å²) in [4.78, 5) is 92.4. The highest BCUT2D eigenvalue weighted by molar-refractivity contribution is 5.95. The van der Waals surface area contributed by atoms with Gasteiger partial charge in [0, 0.05) is 58.8 Å². The van der Waals surface area contributed by atoms with Gasteiger partial charge in [0.15, 0.2) is 23.3 Å². The first-order valence-corrected chi connectivity index (χ1v) is 49.7. The summed E-state index contributed by atoms with van der Waals surface area (Å²) in [5, 5.41) is 52.9. The summed E-state index contributed by atoms with van der Waals surface area (Å²) in [6.45, 7) is 0.189. The molecule has 0 unspecified atom stereocenters. The number of benzene rings is 9. The summed E-state index contributed by atoms with van der Waals surface area (Å²) in [5.74, 6) is 3.85. The monoisotopic (exact) mass is 1800 g/mol. The molecule has 4 amide bonds. The second-order valence-corrected chi connectivity index (χ2v) is 38.0. The standard InChI is InChI=1S/C31H31N3O2.C29H33N3O2.C28H31N3O2.C27H29N3O2/c35-19-21-11-14-26-25(17-21)13-15-27-30(26)34-29(23-7-2-1-3-8-23)31(32-27)33-28(36)18-20-10-12-22-6-4-5-9-24(22)16-20;33-19-21-14-16-24-23(18-21)15-17-25-28(24)32-27(22-11-5-2-6-12-22)29(30-25)31-26(34)13-7-10-20-8-3-1-4-9-20;32-18-20-11-14-23-22(17-20)13-15-24-27(23)31-26(21-9-5-2-6-10-21)28(29-24)30-25(33)16-12-19-7-3-1-4-8-19;31-17-19-11-13-22-21(15-19)12-14-23-26(22)30-25(20-9-5-2-6-10-20)27(28-23)29-24(32)16-18-7-3-1-4-8-18/h4-6,9-12,14,16-17,23,35H,1-3,7-8,13,15,18-19H2,(H,32,33,36);1,3-4,8-9,14,16,18,22,33H,2,5-7,10-13,15,17,19H2,(H,30,31,34);1,3-4,7-8,11,14,17,21,32H,2,5-6,9-10,12-13,15-16,18H2,(H,29,30,33);1,3-4,7-8,11,13,15,20,31H,2,5-6,9-10,12,14,16-17H2,(H,28,29,32). The molecule has 0 radical (unpaired) electrons. The molecule has 8 aliphatic carbocycles. The lowest BCUT2D eigenvalue weighted by molar-refractivity contribution is -0.117. The molecule has 13 aromatic rings.